The van der Waals surface area contributed by atoms with Crippen LogP contribution in [0.4, 0.5) is 0 Å². The Morgan fingerprint density at radius 2 is 1.95 bits per heavy atom. The van der Waals surface area contributed by atoms with Gasteiger partial charge in [-0.15, -0.1) is 0 Å². The van der Waals surface area contributed by atoms with Gasteiger partial charge in [-0.2, -0.15) is 0 Å². The summed E-state index contributed by atoms with van der Waals surface area (Å²) in [6, 6.07) is 7.54. The molecular formula is C16H24ClNO. The van der Waals surface area contributed by atoms with Crippen molar-refractivity contribution in [3.8, 4) is 0 Å². The topological polar surface area (TPSA) is 43.1 Å². The molecule has 0 fully saturated rings. The lowest BCUT2D eigenvalue weighted by molar-refractivity contribution is -0.118. The maximum atomic E-state index is 12.0. The van der Waals surface area contributed by atoms with Gasteiger partial charge in [0.15, 0.2) is 0 Å². The van der Waals surface area contributed by atoms with Crippen LogP contribution in [0.5, 0.6) is 0 Å². The van der Waals surface area contributed by atoms with Crippen molar-refractivity contribution in [3.05, 3.63) is 34.9 Å². The van der Waals surface area contributed by atoms with Crippen molar-refractivity contribution in [2.75, 3.05) is 6.54 Å². The summed E-state index contributed by atoms with van der Waals surface area (Å²) in [4.78, 5) is 12.0. The minimum atomic E-state index is 0.260. The number of ketones is 1. The molecule has 1 atom stereocenters. The molecule has 0 aromatic heterocycles. The highest BCUT2D eigenvalue weighted by Crippen LogP contribution is 2.22. The van der Waals surface area contributed by atoms with Crippen LogP contribution in [0.25, 0.3) is 0 Å². The van der Waals surface area contributed by atoms with E-state index in [0.717, 1.165) is 18.4 Å². The van der Waals surface area contributed by atoms with E-state index in [-0.39, 0.29) is 5.78 Å². The van der Waals surface area contributed by atoms with Crippen molar-refractivity contribution in [3.63, 3.8) is 0 Å². The molecule has 19 heavy (non-hydrogen) atoms. The Kier molecular flexibility index (Phi) is 7.11. The molecule has 2 nitrogen and oxygen atoms in total. The summed E-state index contributed by atoms with van der Waals surface area (Å²) < 4.78 is 0. The molecule has 0 saturated heterocycles. The third-order valence-electron chi connectivity index (χ3n) is 3.62. The van der Waals surface area contributed by atoms with Gasteiger partial charge < -0.3 is 5.73 Å². The number of hydrogen-bond acceptors (Lipinski definition) is 2. The fraction of sp³-hybridized carbons (Fsp3) is 0.562. The number of Topliss-reactive ketones (excluding diaryl/α,β-unsaturated/α-hetero) is 1. The van der Waals surface area contributed by atoms with Gasteiger partial charge in [-0.05, 0) is 42.9 Å². The van der Waals surface area contributed by atoms with Crippen LogP contribution in [0.1, 0.15) is 38.7 Å². The largest absolute Gasteiger partial charge is 0.330 e. The summed E-state index contributed by atoms with van der Waals surface area (Å²) >= 11 is 6.06. The molecule has 0 bridgehead atoms. The maximum Gasteiger partial charge on any atom is 0.137 e. The van der Waals surface area contributed by atoms with Gasteiger partial charge in [-0.1, -0.05) is 43.6 Å². The zero-order valence-corrected chi connectivity index (χ0v) is 12.6. The molecule has 0 radical (unpaired) electrons. The third kappa shape index (κ3) is 5.75. The van der Waals surface area contributed by atoms with E-state index in [4.69, 9.17) is 17.3 Å². The zero-order valence-electron chi connectivity index (χ0n) is 11.9. The van der Waals surface area contributed by atoms with Gasteiger partial charge in [0.2, 0.25) is 0 Å². The molecule has 1 aromatic carbocycles. The van der Waals surface area contributed by atoms with Crippen LogP contribution in [0.3, 0.4) is 0 Å². The van der Waals surface area contributed by atoms with E-state index in [2.05, 4.69) is 13.8 Å². The van der Waals surface area contributed by atoms with E-state index >= 15 is 0 Å². The van der Waals surface area contributed by atoms with Gasteiger partial charge in [-0.25, -0.2) is 0 Å². The molecule has 1 aromatic rings. The lowest BCUT2D eigenvalue weighted by Crippen LogP contribution is -2.16. The molecular weight excluding hydrogens is 258 g/mol. The van der Waals surface area contributed by atoms with Gasteiger partial charge in [-0.3, -0.25) is 4.79 Å². The Labute approximate surface area is 121 Å². The average molecular weight is 282 g/mol. The molecule has 3 heteroatoms. The molecule has 0 spiro atoms. The number of nitrogens with two attached hydrogens (primary N) is 1. The molecule has 0 saturated carbocycles. The highest BCUT2D eigenvalue weighted by Gasteiger charge is 2.15. The summed E-state index contributed by atoms with van der Waals surface area (Å²) in [5.41, 5.74) is 6.54. The Morgan fingerprint density at radius 1 is 1.26 bits per heavy atom. The van der Waals surface area contributed by atoms with Crippen molar-refractivity contribution < 1.29 is 4.79 Å². The second-order valence-corrected chi connectivity index (χ2v) is 5.83. The molecule has 106 valence electrons. The number of rotatable bonds is 8. The predicted octanol–water partition coefficient (Wildman–Crippen LogP) is 3.85. The van der Waals surface area contributed by atoms with Crippen LogP contribution < -0.4 is 5.73 Å². The van der Waals surface area contributed by atoms with Gasteiger partial charge in [0.05, 0.1) is 0 Å². The lowest BCUT2D eigenvalue weighted by atomic mass is 9.87. The van der Waals surface area contributed by atoms with Crippen LogP contribution in [0.2, 0.25) is 5.02 Å². The van der Waals surface area contributed by atoms with Gasteiger partial charge in [0.25, 0.3) is 0 Å². The standard InChI is InChI=1S/C16H24ClNO/c1-12(2)13(9-10-18)7-8-15(19)11-14-5-3-4-6-16(14)17/h3-6,12-13H,7-11,18H2,1-2H3. The number of hydrogen-bond donors (Lipinski definition) is 1. The molecule has 0 aliphatic heterocycles. The van der Waals surface area contributed by atoms with Gasteiger partial charge in [0.1, 0.15) is 5.78 Å². The summed E-state index contributed by atoms with van der Waals surface area (Å²) in [6.07, 6.45) is 2.98. The molecule has 0 amide bonds. The predicted molar refractivity (Wildman–Crippen MR) is 81.4 cm³/mol. The van der Waals surface area contributed by atoms with Crippen LogP contribution in [0.15, 0.2) is 24.3 Å². The first-order valence-electron chi connectivity index (χ1n) is 6.99. The molecule has 0 aliphatic rings. The average Bonchev–Trinajstić information content (AvgIpc) is 2.37. The first-order valence-corrected chi connectivity index (χ1v) is 7.37. The minimum absolute atomic E-state index is 0.260. The molecule has 0 heterocycles. The fourth-order valence-corrected chi connectivity index (χ4v) is 2.52. The van der Waals surface area contributed by atoms with Crippen LogP contribution in [-0.2, 0) is 11.2 Å². The van der Waals surface area contributed by atoms with Crippen molar-refractivity contribution in [1.29, 1.82) is 0 Å². The quantitative estimate of drug-likeness (QED) is 0.786. The first-order chi connectivity index (χ1) is 9.04. The molecule has 1 unspecified atom stereocenters. The van der Waals surface area contributed by atoms with E-state index in [1.54, 1.807) is 0 Å². The van der Waals surface area contributed by atoms with Gasteiger partial charge in [0, 0.05) is 17.9 Å². The number of benzene rings is 1. The van der Waals surface area contributed by atoms with E-state index in [0.29, 0.717) is 36.2 Å². The summed E-state index contributed by atoms with van der Waals surface area (Å²) in [5.74, 6) is 1.38. The molecule has 0 aliphatic carbocycles. The number of carbonyl (C=O) groups is 1. The lowest BCUT2D eigenvalue weighted by Gasteiger charge is -2.19. The zero-order chi connectivity index (χ0) is 14.3. The van der Waals surface area contributed by atoms with E-state index in [1.807, 2.05) is 24.3 Å². The van der Waals surface area contributed by atoms with E-state index in [9.17, 15) is 4.79 Å². The SMILES string of the molecule is CC(C)C(CCN)CCC(=O)Cc1ccccc1Cl. The highest BCUT2D eigenvalue weighted by atomic mass is 35.5. The molecule has 1 rings (SSSR count). The Balaban J connectivity index is 2.45. The first kappa shape index (κ1) is 16.2. The maximum absolute atomic E-state index is 12.0. The monoisotopic (exact) mass is 281 g/mol. The minimum Gasteiger partial charge on any atom is -0.330 e. The van der Waals surface area contributed by atoms with Crippen LogP contribution >= 0.6 is 11.6 Å². The second-order valence-electron chi connectivity index (χ2n) is 5.43. The normalized spacial score (nSPS) is 12.7. The van der Waals surface area contributed by atoms with Crippen molar-refractivity contribution in [1.82, 2.24) is 0 Å². The summed E-state index contributed by atoms with van der Waals surface area (Å²) in [6.45, 7) is 5.08. The molecule has 2 N–H and O–H groups in total. The van der Waals surface area contributed by atoms with E-state index < -0.39 is 0 Å². The van der Waals surface area contributed by atoms with Crippen LogP contribution in [-0.4, -0.2) is 12.3 Å². The summed E-state index contributed by atoms with van der Waals surface area (Å²) in [7, 11) is 0. The smallest absolute Gasteiger partial charge is 0.137 e. The summed E-state index contributed by atoms with van der Waals surface area (Å²) in [5, 5.41) is 0.679. The van der Waals surface area contributed by atoms with Crippen molar-refractivity contribution in [2.45, 2.75) is 39.5 Å². The Hall–Kier alpha value is -0.860. The second kappa shape index (κ2) is 8.34. The number of carbonyl (C=O) groups excluding carboxylic acids is 1. The van der Waals surface area contributed by atoms with Crippen molar-refractivity contribution >= 4 is 17.4 Å². The highest BCUT2D eigenvalue weighted by molar-refractivity contribution is 6.31. The Morgan fingerprint density at radius 3 is 2.53 bits per heavy atom. The third-order valence-corrected chi connectivity index (χ3v) is 3.99. The number of halogens is 1. The Bertz CT molecular complexity index is 403. The van der Waals surface area contributed by atoms with Crippen molar-refractivity contribution in [2.24, 2.45) is 17.6 Å². The van der Waals surface area contributed by atoms with Gasteiger partial charge >= 0.3 is 0 Å². The van der Waals surface area contributed by atoms with Crippen LogP contribution in [0, 0.1) is 11.8 Å². The fourth-order valence-electron chi connectivity index (χ4n) is 2.31. The van der Waals surface area contributed by atoms with E-state index in [1.165, 1.54) is 0 Å².